The molecule has 0 aliphatic rings. The molecule has 3 aromatic rings. The van der Waals surface area contributed by atoms with Gasteiger partial charge in [-0.25, -0.2) is 8.78 Å². The van der Waals surface area contributed by atoms with Crippen molar-refractivity contribution in [2.45, 2.75) is 26.4 Å². The summed E-state index contributed by atoms with van der Waals surface area (Å²) in [5.74, 6) is -1.19. The molecule has 8 heteroatoms. The first-order chi connectivity index (χ1) is 12.8. The summed E-state index contributed by atoms with van der Waals surface area (Å²) in [5.41, 5.74) is 2.09. The van der Waals surface area contributed by atoms with Gasteiger partial charge in [-0.15, -0.1) is 0 Å². The fourth-order valence-corrected chi connectivity index (χ4v) is 3.03. The number of hydrogen-bond donors (Lipinski definition) is 2. The number of benzene rings is 2. The van der Waals surface area contributed by atoms with Crippen molar-refractivity contribution in [2.75, 3.05) is 0 Å². The highest BCUT2D eigenvalue weighted by Crippen LogP contribution is 2.20. The van der Waals surface area contributed by atoms with Crippen LogP contribution in [0.5, 0.6) is 0 Å². The number of hydrogen-bond acceptors (Lipinski definition) is 3. The second-order valence-electron chi connectivity index (χ2n) is 6.26. The minimum absolute atomic E-state index is 0.0776. The van der Waals surface area contributed by atoms with E-state index in [1.54, 1.807) is 11.5 Å². The first kappa shape index (κ1) is 18.9. The van der Waals surface area contributed by atoms with Gasteiger partial charge in [0.15, 0.2) is 10.6 Å². The van der Waals surface area contributed by atoms with E-state index in [9.17, 15) is 13.6 Å². The van der Waals surface area contributed by atoms with E-state index in [1.165, 1.54) is 6.07 Å². The Morgan fingerprint density at radius 3 is 2.78 bits per heavy atom. The summed E-state index contributed by atoms with van der Waals surface area (Å²) in [4.78, 5) is 12.5. The van der Waals surface area contributed by atoms with Crippen LogP contribution in [-0.4, -0.2) is 20.7 Å². The average molecular weight is 388 g/mol. The predicted octanol–water partition coefficient (Wildman–Crippen LogP) is 4.07. The number of amides is 1. The highest BCUT2D eigenvalue weighted by atomic mass is 32.1. The van der Waals surface area contributed by atoms with E-state index < -0.39 is 17.7 Å². The van der Waals surface area contributed by atoms with Crippen LogP contribution in [0, 0.1) is 23.3 Å². The lowest BCUT2D eigenvalue weighted by atomic mass is 10.1. The molecule has 0 radical (unpaired) electrons. The highest BCUT2D eigenvalue weighted by molar-refractivity contribution is 7.71. The second-order valence-corrected chi connectivity index (χ2v) is 6.65. The molecule has 5 nitrogen and oxygen atoms in total. The lowest BCUT2D eigenvalue weighted by Crippen LogP contribution is -2.30. The summed E-state index contributed by atoms with van der Waals surface area (Å²) in [5, 5.41) is 9.60. The molecular formula is C19H18F2N4OS. The molecule has 0 unspecified atom stereocenters. The van der Waals surface area contributed by atoms with Crippen molar-refractivity contribution in [2.24, 2.45) is 0 Å². The molecule has 0 spiro atoms. The fourth-order valence-electron chi connectivity index (χ4n) is 2.83. The number of aryl methyl sites for hydroxylation is 1. The largest absolute Gasteiger partial charge is 0.348 e. The van der Waals surface area contributed by atoms with Crippen LogP contribution in [0.4, 0.5) is 8.78 Å². The Bertz CT molecular complexity index is 1040. The van der Waals surface area contributed by atoms with Gasteiger partial charge in [-0.3, -0.25) is 14.5 Å². The Labute approximate surface area is 160 Å². The maximum Gasteiger partial charge on any atom is 0.240 e. The molecule has 1 amide bonds. The Balaban J connectivity index is 1.79. The molecule has 3 rings (SSSR count). The molecule has 0 fully saturated rings. The lowest BCUT2D eigenvalue weighted by Gasteiger charge is -2.16. The van der Waals surface area contributed by atoms with Crippen LogP contribution in [0.2, 0.25) is 0 Å². The van der Waals surface area contributed by atoms with Crippen LogP contribution in [0.15, 0.2) is 42.5 Å². The number of aromatic nitrogens is 3. The molecular weight excluding hydrogens is 370 g/mol. The van der Waals surface area contributed by atoms with Gasteiger partial charge in [0.05, 0.1) is 6.04 Å². The standard InChI is InChI=1S/C19H18F2N4OS/c1-11-4-3-5-13(8-11)18-23-24-19(27)25(18)10-17(26)22-12(2)15-7-6-14(20)9-16(15)21/h3-9,12H,10H2,1-2H3,(H,22,26)(H,24,27)/t12-/m0/s1. The Kier molecular flexibility index (Phi) is 5.46. The lowest BCUT2D eigenvalue weighted by molar-refractivity contribution is -0.122. The molecule has 0 saturated carbocycles. The average Bonchev–Trinajstić information content (AvgIpc) is 2.95. The smallest absolute Gasteiger partial charge is 0.240 e. The Morgan fingerprint density at radius 1 is 1.30 bits per heavy atom. The van der Waals surface area contributed by atoms with E-state index in [1.807, 2.05) is 31.2 Å². The van der Waals surface area contributed by atoms with Crippen molar-refractivity contribution >= 4 is 18.1 Å². The van der Waals surface area contributed by atoms with E-state index in [2.05, 4.69) is 15.5 Å². The third-order valence-corrected chi connectivity index (χ3v) is 4.45. The topological polar surface area (TPSA) is 62.7 Å². The normalized spacial score (nSPS) is 12.0. The zero-order chi connectivity index (χ0) is 19.6. The van der Waals surface area contributed by atoms with Crippen LogP contribution in [0.3, 0.4) is 0 Å². The SMILES string of the molecule is Cc1cccc(-c2n[nH]c(=S)n2CC(=O)N[C@@H](C)c2ccc(F)cc2F)c1. The molecule has 2 aromatic carbocycles. The summed E-state index contributed by atoms with van der Waals surface area (Å²) in [6, 6.07) is 10.3. The first-order valence-electron chi connectivity index (χ1n) is 8.31. The van der Waals surface area contributed by atoms with Crippen LogP contribution < -0.4 is 5.32 Å². The van der Waals surface area contributed by atoms with Crippen LogP contribution in [0.1, 0.15) is 24.1 Å². The number of carbonyl (C=O) groups is 1. The minimum Gasteiger partial charge on any atom is -0.348 e. The molecule has 0 bridgehead atoms. The number of aromatic amines is 1. The van der Waals surface area contributed by atoms with Gasteiger partial charge < -0.3 is 5.32 Å². The van der Waals surface area contributed by atoms with Crippen molar-refractivity contribution < 1.29 is 13.6 Å². The van der Waals surface area contributed by atoms with E-state index in [0.29, 0.717) is 10.6 Å². The summed E-state index contributed by atoms with van der Waals surface area (Å²) >= 11 is 5.23. The number of nitrogens with one attached hydrogen (secondary N) is 2. The van der Waals surface area contributed by atoms with E-state index >= 15 is 0 Å². The van der Waals surface area contributed by atoms with E-state index in [-0.39, 0.29) is 18.0 Å². The van der Waals surface area contributed by atoms with Gasteiger partial charge in [0.1, 0.15) is 18.2 Å². The molecule has 0 aliphatic carbocycles. The van der Waals surface area contributed by atoms with Gasteiger partial charge in [0, 0.05) is 17.2 Å². The number of H-pyrrole nitrogens is 1. The highest BCUT2D eigenvalue weighted by Gasteiger charge is 2.17. The third-order valence-electron chi connectivity index (χ3n) is 4.14. The molecule has 1 atom stereocenters. The number of carbonyl (C=O) groups excluding carboxylic acids is 1. The Morgan fingerprint density at radius 2 is 2.07 bits per heavy atom. The van der Waals surface area contributed by atoms with Gasteiger partial charge in [0.2, 0.25) is 5.91 Å². The second kappa shape index (κ2) is 7.79. The molecule has 0 saturated heterocycles. The molecule has 2 N–H and O–H groups in total. The van der Waals surface area contributed by atoms with Gasteiger partial charge >= 0.3 is 0 Å². The van der Waals surface area contributed by atoms with Crippen LogP contribution in [-0.2, 0) is 11.3 Å². The van der Waals surface area contributed by atoms with Crippen LogP contribution >= 0.6 is 12.2 Å². The van der Waals surface area contributed by atoms with Crippen molar-refractivity contribution in [3.63, 3.8) is 0 Å². The maximum atomic E-state index is 13.9. The number of rotatable bonds is 5. The van der Waals surface area contributed by atoms with Crippen molar-refractivity contribution in [1.29, 1.82) is 0 Å². The number of nitrogens with zero attached hydrogens (tertiary/aromatic N) is 2. The molecule has 1 heterocycles. The third kappa shape index (κ3) is 4.28. The molecule has 0 aliphatic heterocycles. The minimum atomic E-state index is -0.705. The van der Waals surface area contributed by atoms with Gasteiger partial charge in [-0.2, -0.15) is 5.10 Å². The Hall–Kier alpha value is -2.87. The zero-order valence-electron chi connectivity index (χ0n) is 14.8. The summed E-state index contributed by atoms with van der Waals surface area (Å²) in [6.45, 7) is 3.51. The fraction of sp³-hybridized carbons (Fsp3) is 0.211. The predicted molar refractivity (Wildman–Crippen MR) is 101 cm³/mol. The van der Waals surface area contributed by atoms with Crippen molar-refractivity contribution in [1.82, 2.24) is 20.1 Å². The van der Waals surface area contributed by atoms with Crippen molar-refractivity contribution in [3.8, 4) is 11.4 Å². The summed E-state index contributed by atoms with van der Waals surface area (Å²) in [7, 11) is 0. The molecule has 140 valence electrons. The van der Waals surface area contributed by atoms with Gasteiger partial charge in [0.25, 0.3) is 0 Å². The summed E-state index contributed by atoms with van der Waals surface area (Å²) < 4.78 is 28.8. The van der Waals surface area contributed by atoms with E-state index in [4.69, 9.17) is 12.2 Å². The number of halogens is 2. The quantitative estimate of drug-likeness (QED) is 0.648. The van der Waals surface area contributed by atoms with E-state index in [0.717, 1.165) is 23.3 Å². The van der Waals surface area contributed by atoms with Crippen LogP contribution in [0.25, 0.3) is 11.4 Å². The molecule has 27 heavy (non-hydrogen) atoms. The van der Waals surface area contributed by atoms with Gasteiger partial charge in [-0.1, -0.05) is 29.8 Å². The maximum absolute atomic E-state index is 13.9. The van der Waals surface area contributed by atoms with Gasteiger partial charge in [-0.05, 0) is 38.2 Å². The van der Waals surface area contributed by atoms with Crippen molar-refractivity contribution in [3.05, 3.63) is 70.0 Å². The monoisotopic (exact) mass is 388 g/mol. The summed E-state index contributed by atoms with van der Waals surface area (Å²) in [6.07, 6.45) is 0. The zero-order valence-corrected chi connectivity index (χ0v) is 15.6. The first-order valence-corrected chi connectivity index (χ1v) is 8.72. The molecule has 1 aromatic heterocycles.